The number of nitrogens with zero attached hydrogens (tertiary/aromatic N) is 6. The van der Waals surface area contributed by atoms with Gasteiger partial charge in [0.1, 0.15) is 11.8 Å². The first-order valence-corrected chi connectivity index (χ1v) is 13.4. The van der Waals surface area contributed by atoms with Crippen LogP contribution in [0.2, 0.25) is 0 Å². The first-order chi connectivity index (χ1) is 17.8. The van der Waals surface area contributed by atoms with Gasteiger partial charge in [-0.05, 0) is 50.2 Å². The zero-order valence-corrected chi connectivity index (χ0v) is 22.5. The summed E-state index contributed by atoms with van der Waals surface area (Å²) in [4.78, 5) is 7.63. The van der Waals surface area contributed by atoms with Crippen molar-refractivity contribution in [2.75, 3.05) is 52.9 Å². The van der Waals surface area contributed by atoms with Gasteiger partial charge in [-0.25, -0.2) is 4.52 Å². The lowest BCUT2D eigenvalue weighted by Crippen LogP contribution is -2.58. The van der Waals surface area contributed by atoms with Crippen LogP contribution < -0.4 is 10.1 Å². The average Bonchev–Trinajstić information content (AvgIpc) is 3.31. The molecule has 0 radical (unpaired) electrons. The number of hydrogen-bond acceptors (Lipinski definition) is 7. The van der Waals surface area contributed by atoms with E-state index in [9.17, 15) is 5.26 Å². The molecule has 1 N–H and O–H groups in total. The summed E-state index contributed by atoms with van der Waals surface area (Å²) < 4.78 is 7.85. The van der Waals surface area contributed by atoms with E-state index in [0.717, 1.165) is 62.5 Å². The monoisotopic (exact) mass is 501 g/mol. The fraction of sp³-hybridized carbons (Fsp3) is 0.517. The second-order valence-corrected chi connectivity index (χ2v) is 11.2. The molecule has 5 rings (SSSR count). The zero-order valence-electron chi connectivity index (χ0n) is 22.5. The molecule has 1 saturated heterocycles. The minimum Gasteiger partial charge on any atom is -0.492 e. The highest BCUT2D eigenvalue weighted by atomic mass is 16.5. The average molecular weight is 502 g/mol. The van der Waals surface area contributed by atoms with E-state index in [1.54, 1.807) is 10.7 Å². The summed E-state index contributed by atoms with van der Waals surface area (Å²) >= 11 is 0. The van der Waals surface area contributed by atoms with Crippen LogP contribution in [-0.4, -0.2) is 88.9 Å². The molecule has 2 aromatic heterocycles. The molecule has 0 aromatic carbocycles. The predicted molar refractivity (Wildman–Crippen MR) is 147 cm³/mol. The zero-order chi connectivity index (χ0) is 26.0. The minimum absolute atomic E-state index is 0.00485. The highest BCUT2D eigenvalue weighted by molar-refractivity contribution is 5.83. The van der Waals surface area contributed by atoms with Crippen molar-refractivity contribution in [3.63, 3.8) is 0 Å². The van der Waals surface area contributed by atoms with Crippen LogP contribution >= 0.6 is 0 Å². The van der Waals surface area contributed by atoms with Crippen LogP contribution in [0.3, 0.4) is 0 Å². The molecule has 8 heteroatoms. The number of fused-ring (bicyclic) bond motifs is 1. The lowest BCUT2D eigenvalue weighted by molar-refractivity contribution is 0.0204. The second kappa shape index (κ2) is 10.7. The van der Waals surface area contributed by atoms with E-state index in [1.165, 1.54) is 5.57 Å². The van der Waals surface area contributed by atoms with Crippen molar-refractivity contribution in [1.29, 1.82) is 5.26 Å². The molecule has 5 heterocycles. The van der Waals surface area contributed by atoms with Crippen LogP contribution in [0.1, 0.15) is 38.3 Å². The minimum atomic E-state index is 0.00485. The molecule has 0 saturated carbocycles. The van der Waals surface area contributed by atoms with Gasteiger partial charge in [-0.15, -0.1) is 0 Å². The number of hydrogen-bond donors (Lipinski definition) is 1. The third kappa shape index (κ3) is 5.59. The second-order valence-electron chi connectivity index (χ2n) is 11.2. The van der Waals surface area contributed by atoms with Gasteiger partial charge in [0.15, 0.2) is 0 Å². The number of nitrogens with one attached hydrogen (secondary N) is 1. The Bertz CT molecular complexity index is 1240. The number of likely N-dealkylation sites (N-methyl/N-ethyl adjacent to an activating group) is 1. The number of dihydropyridines is 1. The number of pyridine rings is 1. The molecule has 8 nitrogen and oxygen atoms in total. The third-order valence-corrected chi connectivity index (χ3v) is 7.60. The standard InChI is InChI=1S/C29H39N7O/c1-22(2)20-37-25-15-26(28-24(16-30)17-32-36(28)19-25)23-7-8-27(33(4)18-23)35-13-11-34(12-14-35)21-29(3)9-5-6-10-31-29/h5-7,9-10,15,17,19,22,27,31H,8,11-14,18,20-21H2,1-4H3. The smallest absolute Gasteiger partial charge is 0.138 e. The van der Waals surface area contributed by atoms with Crippen molar-refractivity contribution < 1.29 is 4.74 Å². The maximum atomic E-state index is 9.71. The number of aromatic nitrogens is 2. The van der Waals surface area contributed by atoms with Gasteiger partial charge in [0.05, 0.1) is 41.8 Å². The molecular formula is C29H39N7O. The Morgan fingerprint density at radius 2 is 2.05 bits per heavy atom. The van der Waals surface area contributed by atoms with Crippen molar-refractivity contribution in [3.05, 3.63) is 60.1 Å². The Kier molecular flexibility index (Phi) is 7.38. The molecule has 0 bridgehead atoms. The summed E-state index contributed by atoms with van der Waals surface area (Å²) in [7, 11) is 2.21. The highest BCUT2D eigenvalue weighted by Gasteiger charge is 2.32. The van der Waals surface area contributed by atoms with Crippen LogP contribution in [0.4, 0.5) is 0 Å². The van der Waals surface area contributed by atoms with Crippen molar-refractivity contribution in [3.8, 4) is 11.8 Å². The highest BCUT2D eigenvalue weighted by Crippen LogP contribution is 2.32. The summed E-state index contributed by atoms with van der Waals surface area (Å²) in [6.45, 7) is 13.3. The van der Waals surface area contributed by atoms with E-state index < -0.39 is 0 Å². The van der Waals surface area contributed by atoms with E-state index in [4.69, 9.17) is 4.74 Å². The van der Waals surface area contributed by atoms with Crippen LogP contribution in [-0.2, 0) is 0 Å². The molecule has 2 aromatic rings. The van der Waals surface area contributed by atoms with Crippen LogP contribution in [0.5, 0.6) is 5.75 Å². The SMILES string of the molecule is CC(C)COc1cc(C2=CCC(N3CCN(CC4(C)C=CC=CN4)CC3)N(C)C2)c2c(C#N)cnn2c1. The lowest BCUT2D eigenvalue weighted by atomic mass is 9.97. The molecule has 2 unspecified atom stereocenters. The van der Waals surface area contributed by atoms with E-state index in [1.807, 2.05) is 12.4 Å². The number of rotatable bonds is 7. The molecule has 2 atom stereocenters. The normalized spacial score (nSPS) is 25.3. The first kappa shape index (κ1) is 25.5. The predicted octanol–water partition coefficient (Wildman–Crippen LogP) is 3.34. The molecule has 0 aliphatic carbocycles. The lowest BCUT2D eigenvalue weighted by Gasteiger charge is -2.45. The van der Waals surface area contributed by atoms with E-state index >= 15 is 0 Å². The molecule has 196 valence electrons. The number of piperazine rings is 1. The summed E-state index contributed by atoms with van der Waals surface area (Å²) in [6, 6.07) is 4.40. The van der Waals surface area contributed by atoms with Crippen molar-refractivity contribution >= 4 is 11.1 Å². The molecule has 3 aliphatic rings. The van der Waals surface area contributed by atoms with Crippen LogP contribution in [0, 0.1) is 17.2 Å². The summed E-state index contributed by atoms with van der Waals surface area (Å²) in [6.07, 6.45) is 15.7. The Hall–Kier alpha value is -3.12. The Morgan fingerprint density at radius 3 is 2.73 bits per heavy atom. The maximum absolute atomic E-state index is 9.71. The number of ether oxygens (including phenoxy) is 1. The molecule has 0 spiro atoms. The van der Waals surface area contributed by atoms with Gasteiger partial charge >= 0.3 is 0 Å². The Balaban J connectivity index is 1.29. The molecule has 1 fully saturated rings. The summed E-state index contributed by atoms with van der Waals surface area (Å²) in [5.74, 6) is 1.22. The van der Waals surface area contributed by atoms with Gasteiger partial charge < -0.3 is 10.1 Å². The van der Waals surface area contributed by atoms with E-state index in [0.29, 0.717) is 24.3 Å². The van der Waals surface area contributed by atoms with Gasteiger partial charge in [0.2, 0.25) is 0 Å². The summed E-state index contributed by atoms with van der Waals surface area (Å²) in [5.41, 5.74) is 3.73. The van der Waals surface area contributed by atoms with Gasteiger partial charge in [0, 0.05) is 44.8 Å². The molecule has 37 heavy (non-hydrogen) atoms. The quantitative estimate of drug-likeness (QED) is 0.624. The van der Waals surface area contributed by atoms with Gasteiger partial charge in [0.25, 0.3) is 0 Å². The van der Waals surface area contributed by atoms with E-state index in [-0.39, 0.29) is 5.54 Å². The first-order valence-electron chi connectivity index (χ1n) is 13.4. The Morgan fingerprint density at radius 1 is 1.24 bits per heavy atom. The molecule has 0 amide bonds. The summed E-state index contributed by atoms with van der Waals surface area (Å²) in [5, 5.41) is 17.7. The van der Waals surface area contributed by atoms with Gasteiger partial charge in [-0.2, -0.15) is 10.4 Å². The number of allylic oxidation sites excluding steroid dienone is 2. The third-order valence-electron chi connectivity index (χ3n) is 7.60. The maximum Gasteiger partial charge on any atom is 0.138 e. The fourth-order valence-electron chi connectivity index (χ4n) is 5.65. The van der Waals surface area contributed by atoms with Crippen LogP contribution in [0.25, 0.3) is 11.1 Å². The number of nitriles is 1. The van der Waals surface area contributed by atoms with Crippen molar-refractivity contribution in [2.24, 2.45) is 5.92 Å². The topological polar surface area (TPSA) is 72.1 Å². The Labute approximate surface area is 220 Å². The fourth-order valence-corrected chi connectivity index (χ4v) is 5.65. The van der Waals surface area contributed by atoms with Crippen molar-refractivity contribution in [1.82, 2.24) is 29.6 Å². The van der Waals surface area contributed by atoms with Gasteiger partial charge in [-0.3, -0.25) is 14.7 Å². The van der Waals surface area contributed by atoms with Crippen LogP contribution in [0.15, 0.2) is 49.0 Å². The van der Waals surface area contributed by atoms with Gasteiger partial charge in [-0.1, -0.05) is 32.1 Å². The largest absolute Gasteiger partial charge is 0.492 e. The molecule has 3 aliphatic heterocycles. The van der Waals surface area contributed by atoms with Crippen molar-refractivity contribution in [2.45, 2.75) is 38.9 Å². The molecular weight excluding hydrogens is 462 g/mol. The van der Waals surface area contributed by atoms with E-state index in [2.05, 4.69) is 89.4 Å².